The van der Waals surface area contributed by atoms with E-state index in [9.17, 15) is 4.79 Å². The Morgan fingerprint density at radius 3 is 2.95 bits per heavy atom. The average Bonchev–Trinajstić information content (AvgIpc) is 2.92. The van der Waals surface area contributed by atoms with Crippen molar-refractivity contribution in [2.24, 2.45) is 0 Å². The summed E-state index contributed by atoms with van der Waals surface area (Å²) in [6, 6.07) is 10.1. The zero-order chi connectivity index (χ0) is 13.8. The quantitative estimate of drug-likeness (QED) is 0.822. The van der Waals surface area contributed by atoms with Crippen molar-refractivity contribution in [1.29, 1.82) is 0 Å². The van der Waals surface area contributed by atoms with Gasteiger partial charge in [0.15, 0.2) is 0 Å². The maximum atomic E-state index is 12.1. The molecule has 0 atom stereocenters. The Labute approximate surface area is 123 Å². The van der Waals surface area contributed by atoms with Gasteiger partial charge in [-0.2, -0.15) is 0 Å². The summed E-state index contributed by atoms with van der Waals surface area (Å²) in [5.74, 6) is 0.0580. The molecule has 2 nitrogen and oxygen atoms in total. The lowest BCUT2D eigenvalue weighted by atomic mass is 9.97. The summed E-state index contributed by atoms with van der Waals surface area (Å²) in [6.45, 7) is 0.749. The van der Waals surface area contributed by atoms with E-state index in [1.807, 2.05) is 18.2 Å². The lowest BCUT2D eigenvalue weighted by molar-refractivity contribution is 0.0958. The fourth-order valence-electron chi connectivity index (χ4n) is 2.65. The highest BCUT2D eigenvalue weighted by Gasteiger charge is 2.10. The highest BCUT2D eigenvalue weighted by atomic mass is 32.1. The van der Waals surface area contributed by atoms with E-state index in [0.717, 1.165) is 23.2 Å². The second-order valence-corrected chi connectivity index (χ2v) is 6.35. The number of hydrogen-bond donors (Lipinski definition) is 1. The number of benzene rings is 1. The number of hydrogen-bond acceptors (Lipinski definition) is 2. The van der Waals surface area contributed by atoms with Gasteiger partial charge >= 0.3 is 0 Å². The first-order chi connectivity index (χ1) is 9.83. The predicted molar refractivity (Wildman–Crippen MR) is 85.3 cm³/mol. The minimum absolute atomic E-state index is 0.0580. The van der Waals surface area contributed by atoms with Crippen LogP contribution in [0.25, 0.3) is 10.1 Å². The molecule has 0 spiro atoms. The number of carbonyl (C=O) groups is 1. The van der Waals surface area contributed by atoms with Crippen LogP contribution in [0, 0.1) is 0 Å². The topological polar surface area (TPSA) is 29.1 Å². The lowest BCUT2D eigenvalue weighted by Crippen LogP contribution is -2.23. The first-order valence-corrected chi connectivity index (χ1v) is 8.09. The molecule has 1 aromatic carbocycles. The summed E-state index contributed by atoms with van der Waals surface area (Å²) in [7, 11) is 0. The molecule has 0 bridgehead atoms. The first kappa shape index (κ1) is 13.4. The molecule has 0 saturated carbocycles. The molecule has 1 aliphatic rings. The molecule has 1 N–H and O–H groups in total. The maximum Gasteiger partial charge on any atom is 0.261 e. The minimum Gasteiger partial charge on any atom is -0.351 e. The number of fused-ring (bicyclic) bond motifs is 1. The van der Waals surface area contributed by atoms with E-state index in [1.54, 1.807) is 11.3 Å². The predicted octanol–water partition coefficient (Wildman–Crippen LogP) is 4.52. The van der Waals surface area contributed by atoms with Gasteiger partial charge in [0.2, 0.25) is 0 Å². The Morgan fingerprint density at radius 1 is 1.25 bits per heavy atom. The van der Waals surface area contributed by atoms with Gasteiger partial charge in [0.1, 0.15) is 0 Å². The van der Waals surface area contributed by atoms with Crippen molar-refractivity contribution in [1.82, 2.24) is 5.32 Å². The summed E-state index contributed by atoms with van der Waals surface area (Å²) < 4.78 is 1.17. The lowest BCUT2D eigenvalue weighted by Gasteiger charge is -2.12. The van der Waals surface area contributed by atoms with Crippen LogP contribution >= 0.6 is 11.3 Å². The van der Waals surface area contributed by atoms with Crippen LogP contribution in [0.5, 0.6) is 0 Å². The average molecular weight is 285 g/mol. The summed E-state index contributed by atoms with van der Waals surface area (Å²) in [4.78, 5) is 12.9. The van der Waals surface area contributed by atoms with Crippen LogP contribution in [0.1, 0.15) is 41.8 Å². The molecular formula is C17H19NOS. The van der Waals surface area contributed by atoms with Crippen molar-refractivity contribution in [2.45, 2.75) is 32.1 Å². The van der Waals surface area contributed by atoms with E-state index in [2.05, 4.69) is 23.5 Å². The summed E-state index contributed by atoms with van der Waals surface area (Å²) in [6.07, 6.45) is 8.37. The third kappa shape index (κ3) is 3.10. The number of nitrogens with one attached hydrogen (secondary N) is 1. The third-order valence-corrected chi connectivity index (χ3v) is 4.88. The Hall–Kier alpha value is -1.61. The van der Waals surface area contributed by atoms with Crippen molar-refractivity contribution in [3.05, 3.63) is 46.9 Å². The Bertz CT molecular complexity index is 608. The molecule has 1 heterocycles. The number of thiophene rings is 1. The van der Waals surface area contributed by atoms with Crippen molar-refractivity contribution < 1.29 is 4.79 Å². The van der Waals surface area contributed by atoms with Crippen LogP contribution in [0.3, 0.4) is 0 Å². The largest absolute Gasteiger partial charge is 0.351 e. The standard InChI is InChI=1S/C17H19NOS/c19-17(18-11-10-13-6-2-1-3-7-13)16-12-14-8-4-5-9-15(14)20-16/h4-6,8-9,12H,1-3,7,10-11H2,(H,18,19). The highest BCUT2D eigenvalue weighted by Crippen LogP contribution is 2.25. The molecule has 1 aromatic heterocycles. The van der Waals surface area contributed by atoms with E-state index in [1.165, 1.54) is 36.0 Å². The monoisotopic (exact) mass is 285 g/mol. The maximum absolute atomic E-state index is 12.1. The molecule has 0 aliphatic heterocycles. The first-order valence-electron chi connectivity index (χ1n) is 7.27. The Morgan fingerprint density at radius 2 is 2.15 bits per heavy atom. The number of carbonyl (C=O) groups excluding carboxylic acids is 1. The molecular weight excluding hydrogens is 266 g/mol. The van der Waals surface area contributed by atoms with Gasteiger partial charge in [-0.15, -0.1) is 11.3 Å². The molecule has 1 amide bonds. The molecule has 3 rings (SSSR count). The van der Waals surface area contributed by atoms with Crippen molar-refractivity contribution in [3.8, 4) is 0 Å². The van der Waals surface area contributed by atoms with Gasteiger partial charge in [-0.25, -0.2) is 0 Å². The second-order valence-electron chi connectivity index (χ2n) is 5.26. The summed E-state index contributed by atoms with van der Waals surface area (Å²) >= 11 is 1.56. The van der Waals surface area contributed by atoms with Crippen LogP contribution in [-0.2, 0) is 0 Å². The Kier molecular flexibility index (Phi) is 4.16. The molecule has 3 heteroatoms. The zero-order valence-corrected chi connectivity index (χ0v) is 12.3. The fourth-order valence-corrected chi connectivity index (χ4v) is 3.63. The zero-order valence-electron chi connectivity index (χ0n) is 11.5. The molecule has 2 aromatic rings. The molecule has 1 aliphatic carbocycles. The minimum atomic E-state index is 0.0580. The van der Waals surface area contributed by atoms with Crippen LogP contribution in [-0.4, -0.2) is 12.5 Å². The van der Waals surface area contributed by atoms with E-state index >= 15 is 0 Å². The SMILES string of the molecule is O=C(NCCC1=CCCCC1)c1cc2ccccc2s1. The van der Waals surface area contributed by atoms with Crippen molar-refractivity contribution >= 4 is 27.3 Å². The molecule has 20 heavy (non-hydrogen) atoms. The van der Waals surface area contributed by atoms with Gasteiger partial charge in [0.25, 0.3) is 5.91 Å². The second kappa shape index (κ2) is 6.23. The molecule has 0 unspecified atom stereocenters. The fraction of sp³-hybridized carbons (Fsp3) is 0.353. The summed E-state index contributed by atoms with van der Waals surface area (Å²) in [5, 5.41) is 4.19. The van der Waals surface area contributed by atoms with Gasteiger partial charge in [-0.3, -0.25) is 4.79 Å². The smallest absolute Gasteiger partial charge is 0.261 e. The third-order valence-electron chi connectivity index (χ3n) is 3.77. The normalized spacial score (nSPS) is 15.1. The summed E-state index contributed by atoms with van der Waals surface area (Å²) in [5.41, 5.74) is 1.51. The number of amides is 1. The Balaban J connectivity index is 1.57. The van der Waals surface area contributed by atoms with Crippen molar-refractivity contribution in [3.63, 3.8) is 0 Å². The molecule has 0 fully saturated rings. The van der Waals surface area contributed by atoms with Gasteiger partial charge in [0, 0.05) is 11.2 Å². The van der Waals surface area contributed by atoms with Gasteiger partial charge in [-0.05, 0) is 49.6 Å². The van der Waals surface area contributed by atoms with Gasteiger partial charge in [-0.1, -0.05) is 29.8 Å². The number of rotatable bonds is 4. The van der Waals surface area contributed by atoms with Gasteiger partial charge in [0.05, 0.1) is 4.88 Å². The van der Waals surface area contributed by atoms with E-state index in [-0.39, 0.29) is 5.91 Å². The molecule has 104 valence electrons. The van der Waals surface area contributed by atoms with Crippen LogP contribution in [0.2, 0.25) is 0 Å². The molecule has 0 radical (unpaired) electrons. The van der Waals surface area contributed by atoms with Crippen LogP contribution in [0.4, 0.5) is 0 Å². The molecule has 0 saturated heterocycles. The van der Waals surface area contributed by atoms with Crippen LogP contribution in [0.15, 0.2) is 42.0 Å². The van der Waals surface area contributed by atoms with Crippen LogP contribution < -0.4 is 5.32 Å². The number of allylic oxidation sites excluding steroid dienone is 1. The van der Waals surface area contributed by atoms with E-state index in [0.29, 0.717) is 0 Å². The van der Waals surface area contributed by atoms with E-state index < -0.39 is 0 Å². The van der Waals surface area contributed by atoms with Gasteiger partial charge < -0.3 is 5.32 Å². The van der Waals surface area contributed by atoms with E-state index in [4.69, 9.17) is 0 Å². The van der Waals surface area contributed by atoms with Crippen molar-refractivity contribution in [2.75, 3.05) is 6.54 Å². The highest BCUT2D eigenvalue weighted by molar-refractivity contribution is 7.20.